The summed E-state index contributed by atoms with van der Waals surface area (Å²) in [5.74, 6) is -1.29. The van der Waals surface area contributed by atoms with Gasteiger partial charge in [-0.2, -0.15) is 0 Å². The SMILES string of the molecule is CC1(C)CC[C@@H](C(=O)NC2(C(=O)O)CC2)c2ccccc21. The van der Waals surface area contributed by atoms with Crippen LogP contribution < -0.4 is 5.32 Å². The van der Waals surface area contributed by atoms with Crippen molar-refractivity contribution in [1.82, 2.24) is 5.32 Å². The number of rotatable bonds is 3. The van der Waals surface area contributed by atoms with Crippen molar-refractivity contribution in [2.45, 2.75) is 56.4 Å². The summed E-state index contributed by atoms with van der Waals surface area (Å²) in [5, 5.41) is 12.0. The number of nitrogens with one attached hydrogen (secondary N) is 1. The Labute approximate surface area is 124 Å². The van der Waals surface area contributed by atoms with Gasteiger partial charge < -0.3 is 10.4 Å². The summed E-state index contributed by atoms with van der Waals surface area (Å²) in [7, 11) is 0. The molecule has 1 aromatic rings. The highest BCUT2D eigenvalue weighted by Crippen LogP contribution is 2.43. The second-order valence-electron chi connectivity index (χ2n) is 6.94. The topological polar surface area (TPSA) is 66.4 Å². The standard InChI is InChI=1S/C17H21NO3/c1-16(2)8-7-12(11-5-3-4-6-13(11)16)14(19)18-17(9-10-17)15(20)21/h3-6,12H,7-10H2,1-2H3,(H,18,19)(H,20,21)/t12-/m1/s1. The van der Waals surface area contributed by atoms with Crippen molar-refractivity contribution >= 4 is 11.9 Å². The first-order chi connectivity index (χ1) is 9.86. The maximum absolute atomic E-state index is 12.6. The molecule has 1 atom stereocenters. The lowest BCUT2D eigenvalue weighted by Gasteiger charge is -2.36. The molecular weight excluding hydrogens is 266 g/mol. The zero-order valence-electron chi connectivity index (χ0n) is 12.5. The maximum Gasteiger partial charge on any atom is 0.329 e. The summed E-state index contributed by atoms with van der Waals surface area (Å²) in [6.07, 6.45) is 2.77. The highest BCUT2D eigenvalue weighted by Gasteiger charge is 2.52. The number of hydrogen-bond acceptors (Lipinski definition) is 2. The molecule has 112 valence electrons. The predicted octanol–water partition coefficient (Wildman–Crippen LogP) is 2.58. The highest BCUT2D eigenvalue weighted by molar-refractivity contribution is 5.92. The van der Waals surface area contributed by atoms with Crippen molar-refractivity contribution in [2.75, 3.05) is 0 Å². The van der Waals surface area contributed by atoms with Crippen LogP contribution in [0.15, 0.2) is 24.3 Å². The van der Waals surface area contributed by atoms with Crippen molar-refractivity contribution in [3.05, 3.63) is 35.4 Å². The first-order valence-electron chi connectivity index (χ1n) is 7.51. The fraction of sp³-hybridized carbons (Fsp3) is 0.529. The Hall–Kier alpha value is -1.84. The molecule has 1 fully saturated rings. The number of aliphatic carboxylic acids is 1. The van der Waals surface area contributed by atoms with Crippen LogP contribution in [0.3, 0.4) is 0 Å². The van der Waals surface area contributed by atoms with Gasteiger partial charge in [0.15, 0.2) is 0 Å². The molecule has 1 saturated carbocycles. The van der Waals surface area contributed by atoms with E-state index in [1.54, 1.807) is 0 Å². The zero-order valence-corrected chi connectivity index (χ0v) is 12.5. The van der Waals surface area contributed by atoms with Crippen molar-refractivity contribution in [3.63, 3.8) is 0 Å². The van der Waals surface area contributed by atoms with E-state index in [1.165, 1.54) is 5.56 Å². The van der Waals surface area contributed by atoms with E-state index < -0.39 is 11.5 Å². The second-order valence-corrected chi connectivity index (χ2v) is 6.94. The molecule has 0 radical (unpaired) electrons. The third-order valence-electron chi connectivity index (χ3n) is 4.96. The number of amides is 1. The summed E-state index contributed by atoms with van der Waals surface area (Å²) < 4.78 is 0. The lowest BCUT2D eigenvalue weighted by molar-refractivity contribution is -0.143. The number of carboxylic acids is 1. The summed E-state index contributed by atoms with van der Waals surface area (Å²) in [6.45, 7) is 4.39. The molecule has 0 bridgehead atoms. The fourth-order valence-corrected chi connectivity index (χ4v) is 3.33. The van der Waals surface area contributed by atoms with Crippen LogP contribution in [-0.4, -0.2) is 22.5 Å². The van der Waals surface area contributed by atoms with Gasteiger partial charge in [-0.25, -0.2) is 4.79 Å². The molecule has 0 unspecified atom stereocenters. The molecule has 4 nitrogen and oxygen atoms in total. The van der Waals surface area contributed by atoms with Gasteiger partial charge in [0.25, 0.3) is 0 Å². The average Bonchev–Trinajstić information content (AvgIpc) is 3.20. The first kappa shape index (κ1) is 14.1. The van der Waals surface area contributed by atoms with Crippen LogP contribution in [0.4, 0.5) is 0 Å². The largest absolute Gasteiger partial charge is 0.480 e. The fourth-order valence-electron chi connectivity index (χ4n) is 3.33. The number of carbonyl (C=O) groups excluding carboxylic acids is 1. The molecule has 4 heteroatoms. The lowest BCUT2D eigenvalue weighted by Crippen LogP contribution is -2.46. The van der Waals surface area contributed by atoms with E-state index in [1.807, 2.05) is 18.2 Å². The van der Waals surface area contributed by atoms with Crippen LogP contribution in [0.5, 0.6) is 0 Å². The molecule has 1 aromatic carbocycles. The molecule has 21 heavy (non-hydrogen) atoms. The van der Waals surface area contributed by atoms with Crippen molar-refractivity contribution < 1.29 is 14.7 Å². The lowest BCUT2D eigenvalue weighted by atomic mass is 9.68. The highest BCUT2D eigenvalue weighted by atomic mass is 16.4. The third kappa shape index (κ3) is 2.33. The normalized spacial score (nSPS) is 24.8. The van der Waals surface area contributed by atoms with Crippen LogP contribution in [-0.2, 0) is 15.0 Å². The Morgan fingerprint density at radius 2 is 1.86 bits per heavy atom. The second kappa shape index (κ2) is 4.58. The number of fused-ring (bicyclic) bond motifs is 1. The molecule has 3 rings (SSSR count). The van der Waals surface area contributed by atoms with E-state index in [0.717, 1.165) is 18.4 Å². The maximum atomic E-state index is 12.6. The van der Waals surface area contributed by atoms with E-state index in [-0.39, 0.29) is 17.2 Å². The van der Waals surface area contributed by atoms with Gasteiger partial charge in [0.2, 0.25) is 5.91 Å². The van der Waals surface area contributed by atoms with Gasteiger partial charge in [-0.1, -0.05) is 38.1 Å². The summed E-state index contributed by atoms with van der Waals surface area (Å²) in [5.41, 5.74) is 1.32. The molecule has 0 aliphatic heterocycles. The molecule has 0 saturated heterocycles. The van der Waals surface area contributed by atoms with Crippen LogP contribution >= 0.6 is 0 Å². The van der Waals surface area contributed by atoms with Gasteiger partial charge in [0, 0.05) is 0 Å². The Morgan fingerprint density at radius 3 is 2.48 bits per heavy atom. The smallest absolute Gasteiger partial charge is 0.329 e. The Kier molecular flexibility index (Phi) is 3.08. The van der Waals surface area contributed by atoms with Crippen molar-refractivity contribution in [2.24, 2.45) is 0 Å². The van der Waals surface area contributed by atoms with Gasteiger partial charge in [0.05, 0.1) is 5.92 Å². The van der Waals surface area contributed by atoms with E-state index in [4.69, 9.17) is 0 Å². The van der Waals surface area contributed by atoms with Crippen molar-refractivity contribution in [3.8, 4) is 0 Å². The Bertz CT molecular complexity index is 602. The first-order valence-corrected chi connectivity index (χ1v) is 7.51. The van der Waals surface area contributed by atoms with Crippen LogP contribution in [0.1, 0.15) is 56.6 Å². The van der Waals surface area contributed by atoms with Crippen LogP contribution in [0.2, 0.25) is 0 Å². The third-order valence-corrected chi connectivity index (χ3v) is 4.96. The van der Waals surface area contributed by atoms with E-state index >= 15 is 0 Å². The molecule has 0 heterocycles. The monoisotopic (exact) mass is 287 g/mol. The minimum Gasteiger partial charge on any atom is -0.480 e. The quantitative estimate of drug-likeness (QED) is 0.898. The van der Waals surface area contributed by atoms with Crippen molar-refractivity contribution in [1.29, 1.82) is 0 Å². The number of carboxylic acid groups (broad SMARTS) is 1. The Morgan fingerprint density at radius 1 is 1.19 bits per heavy atom. The van der Waals surface area contributed by atoms with Gasteiger partial charge in [-0.3, -0.25) is 4.79 Å². The number of hydrogen-bond donors (Lipinski definition) is 2. The predicted molar refractivity (Wildman–Crippen MR) is 79.2 cm³/mol. The number of carbonyl (C=O) groups is 2. The molecule has 2 aliphatic rings. The van der Waals surface area contributed by atoms with E-state index in [0.29, 0.717) is 12.8 Å². The minimum absolute atomic E-state index is 0.0669. The average molecular weight is 287 g/mol. The summed E-state index contributed by atoms with van der Waals surface area (Å²) >= 11 is 0. The van der Waals surface area contributed by atoms with Crippen LogP contribution in [0, 0.1) is 0 Å². The van der Waals surface area contributed by atoms with Gasteiger partial charge >= 0.3 is 5.97 Å². The molecule has 0 aromatic heterocycles. The molecule has 0 spiro atoms. The summed E-state index contributed by atoms with van der Waals surface area (Å²) in [4.78, 5) is 23.8. The van der Waals surface area contributed by atoms with Gasteiger partial charge in [-0.15, -0.1) is 0 Å². The van der Waals surface area contributed by atoms with E-state index in [9.17, 15) is 14.7 Å². The zero-order chi connectivity index (χ0) is 15.3. The minimum atomic E-state index is -1.00. The van der Waals surface area contributed by atoms with Crippen LogP contribution in [0.25, 0.3) is 0 Å². The molecule has 1 amide bonds. The van der Waals surface area contributed by atoms with Gasteiger partial charge in [-0.05, 0) is 42.2 Å². The summed E-state index contributed by atoms with van der Waals surface area (Å²) in [6, 6.07) is 8.03. The molecule has 2 N–H and O–H groups in total. The number of benzene rings is 1. The van der Waals surface area contributed by atoms with E-state index in [2.05, 4.69) is 25.2 Å². The molecule has 2 aliphatic carbocycles. The molecular formula is C17H21NO3. The van der Waals surface area contributed by atoms with Gasteiger partial charge in [0.1, 0.15) is 5.54 Å². The Balaban J connectivity index is 1.87.